The van der Waals surface area contributed by atoms with Crippen molar-refractivity contribution in [2.24, 2.45) is 10.8 Å². The van der Waals surface area contributed by atoms with Crippen LogP contribution in [0.2, 0.25) is 0 Å². The largest absolute Gasteiger partial charge is 0.494 e. The average Bonchev–Trinajstić information content (AvgIpc) is 2.39. The summed E-state index contributed by atoms with van der Waals surface area (Å²) in [5.74, 6) is 7.27. The Morgan fingerprint density at radius 2 is 2.00 bits per heavy atom. The standard InChI is InChI=1S/C12H20N4O2/c1-4-17-9-6-7-11(18-5-2)10(8-9)15-12(14-3)16-13/h6-8H,4-5,13H2,1-3H3,(H2,14,15,16). The van der Waals surface area contributed by atoms with Crippen LogP contribution < -0.4 is 26.1 Å². The zero-order valence-corrected chi connectivity index (χ0v) is 11.0. The van der Waals surface area contributed by atoms with Gasteiger partial charge < -0.3 is 14.8 Å². The molecule has 0 aliphatic carbocycles. The van der Waals surface area contributed by atoms with E-state index < -0.39 is 0 Å². The van der Waals surface area contributed by atoms with Crippen LogP contribution in [0.1, 0.15) is 13.8 Å². The number of hydrogen-bond acceptors (Lipinski definition) is 4. The van der Waals surface area contributed by atoms with Crippen LogP contribution in [-0.2, 0) is 0 Å². The zero-order valence-electron chi connectivity index (χ0n) is 11.0. The summed E-state index contributed by atoms with van der Waals surface area (Å²) in [6.45, 7) is 5.05. The van der Waals surface area contributed by atoms with Crippen molar-refractivity contribution in [1.29, 1.82) is 0 Å². The quantitative estimate of drug-likeness (QED) is 0.319. The second-order valence-corrected chi connectivity index (χ2v) is 3.37. The van der Waals surface area contributed by atoms with Crippen molar-refractivity contribution in [3.05, 3.63) is 18.2 Å². The van der Waals surface area contributed by atoms with Crippen LogP contribution in [0, 0.1) is 0 Å². The molecular formula is C12H20N4O2. The SMILES string of the molecule is CCOc1ccc(OCC)c(NC(=NC)NN)c1. The molecule has 0 unspecified atom stereocenters. The number of guanidine groups is 1. The van der Waals surface area contributed by atoms with Crippen molar-refractivity contribution < 1.29 is 9.47 Å². The number of hydrogen-bond donors (Lipinski definition) is 3. The van der Waals surface area contributed by atoms with Crippen molar-refractivity contribution in [3.63, 3.8) is 0 Å². The van der Waals surface area contributed by atoms with E-state index in [9.17, 15) is 0 Å². The molecule has 0 fully saturated rings. The minimum absolute atomic E-state index is 0.449. The highest BCUT2D eigenvalue weighted by Gasteiger charge is 2.07. The van der Waals surface area contributed by atoms with E-state index in [1.54, 1.807) is 7.05 Å². The summed E-state index contributed by atoms with van der Waals surface area (Å²) >= 11 is 0. The van der Waals surface area contributed by atoms with Crippen molar-refractivity contribution in [3.8, 4) is 11.5 Å². The third-order valence-electron chi connectivity index (χ3n) is 2.18. The van der Waals surface area contributed by atoms with Gasteiger partial charge in [-0.1, -0.05) is 0 Å². The third kappa shape index (κ3) is 3.81. The van der Waals surface area contributed by atoms with Crippen molar-refractivity contribution >= 4 is 11.6 Å². The van der Waals surface area contributed by atoms with E-state index in [0.717, 1.165) is 17.2 Å². The first-order chi connectivity index (χ1) is 8.74. The molecule has 0 bridgehead atoms. The lowest BCUT2D eigenvalue weighted by Gasteiger charge is -2.14. The molecule has 100 valence electrons. The van der Waals surface area contributed by atoms with Crippen LogP contribution in [0.3, 0.4) is 0 Å². The Labute approximate surface area is 107 Å². The van der Waals surface area contributed by atoms with Gasteiger partial charge in [0.2, 0.25) is 5.96 Å². The number of nitrogens with zero attached hydrogens (tertiary/aromatic N) is 1. The summed E-state index contributed by atoms with van der Waals surface area (Å²) in [4.78, 5) is 3.95. The molecular weight excluding hydrogens is 232 g/mol. The van der Waals surface area contributed by atoms with Crippen LogP contribution in [0.4, 0.5) is 5.69 Å². The molecule has 0 spiro atoms. The maximum Gasteiger partial charge on any atom is 0.210 e. The Hall–Kier alpha value is -1.95. The molecule has 4 N–H and O–H groups in total. The van der Waals surface area contributed by atoms with E-state index in [0.29, 0.717) is 19.2 Å². The summed E-state index contributed by atoms with van der Waals surface area (Å²) in [6.07, 6.45) is 0. The molecule has 0 amide bonds. The summed E-state index contributed by atoms with van der Waals surface area (Å²) in [7, 11) is 1.63. The Morgan fingerprint density at radius 1 is 1.28 bits per heavy atom. The maximum absolute atomic E-state index is 5.52. The Kier molecular flexibility index (Phi) is 5.79. The van der Waals surface area contributed by atoms with E-state index in [1.165, 1.54) is 0 Å². The highest BCUT2D eigenvalue weighted by Crippen LogP contribution is 2.29. The lowest BCUT2D eigenvalue weighted by atomic mass is 10.2. The van der Waals surface area contributed by atoms with E-state index in [4.69, 9.17) is 15.3 Å². The lowest BCUT2D eigenvalue weighted by Crippen LogP contribution is -2.36. The topological polar surface area (TPSA) is 80.9 Å². The van der Waals surface area contributed by atoms with Gasteiger partial charge in [0.05, 0.1) is 18.9 Å². The number of aliphatic imine (C=N–C) groups is 1. The molecule has 0 aliphatic heterocycles. The predicted molar refractivity (Wildman–Crippen MR) is 73.1 cm³/mol. The summed E-state index contributed by atoms with van der Waals surface area (Å²) in [6, 6.07) is 5.55. The molecule has 0 saturated carbocycles. The van der Waals surface area contributed by atoms with Gasteiger partial charge in [0.25, 0.3) is 0 Å². The van der Waals surface area contributed by atoms with Crippen molar-refractivity contribution in [2.75, 3.05) is 25.6 Å². The number of hydrazine groups is 1. The summed E-state index contributed by atoms with van der Waals surface area (Å²) in [5.41, 5.74) is 3.21. The van der Waals surface area contributed by atoms with Crippen molar-refractivity contribution in [1.82, 2.24) is 5.43 Å². The van der Waals surface area contributed by atoms with Crippen LogP contribution in [0.15, 0.2) is 23.2 Å². The van der Waals surface area contributed by atoms with Gasteiger partial charge in [0.15, 0.2) is 0 Å². The molecule has 0 radical (unpaired) electrons. The minimum Gasteiger partial charge on any atom is -0.494 e. The van der Waals surface area contributed by atoms with Crippen molar-refractivity contribution in [2.45, 2.75) is 13.8 Å². The van der Waals surface area contributed by atoms with Gasteiger partial charge >= 0.3 is 0 Å². The normalized spacial score (nSPS) is 11.0. The summed E-state index contributed by atoms with van der Waals surface area (Å²) < 4.78 is 11.0. The Morgan fingerprint density at radius 3 is 2.56 bits per heavy atom. The smallest absolute Gasteiger partial charge is 0.210 e. The molecule has 6 nitrogen and oxygen atoms in total. The summed E-state index contributed by atoms with van der Waals surface area (Å²) in [5, 5.41) is 3.04. The Bertz CT molecular complexity index is 407. The fourth-order valence-corrected chi connectivity index (χ4v) is 1.43. The van der Waals surface area contributed by atoms with E-state index in [1.807, 2.05) is 32.0 Å². The molecule has 1 aromatic rings. The Balaban J connectivity index is 2.98. The van der Waals surface area contributed by atoms with Crippen LogP contribution in [0.5, 0.6) is 11.5 Å². The van der Waals surface area contributed by atoms with Gasteiger partial charge in [-0.3, -0.25) is 10.4 Å². The second kappa shape index (κ2) is 7.39. The number of rotatable bonds is 5. The number of benzene rings is 1. The number of ether oxygens (including phenoxy) is 2. The fourth-order valence-electron chi connectivity index (χ4n) is 1.43. The first-order valence-electron chi connectivity index (χ1n) is 5.85. The molecule has 0 saturated heterocycles. The van der Waals surface area contributed by atoms with E-state index >= 15 is 0 Å². The number of nitrogens with one attached hydrogen (secondary N) is 2. The lowest BCUT2D eigenvalue weighted by molar-refractivity contribution is 0.332. The first kappa shape index (κ1) is 14.1. The molecule has 18 heavy (non-hydrogen) atoms. The van der Waals surface area contributed by atoms with Gasteiger partial charge in [-0.25, -0.2) is 5.84 Å². The van der Waals surface area contributed by atoms with Gasteiger partial charge in [-0.05, 0) is 26.0 Å². The molecule has 0 aliphatic rings. The molecule has 1 aromatic carbocycles. The predicted octanol–water partition coefficient (Wildman–Crippen LogP) is 1.34. The monoisotopic (exact) mass is 252 g/mol. The molecule has 0 heterocycles. The molecule has 0 atom stereocenters. The average molecular weight is 252 g/mol. The molecule has 6 heteroatoms. The first-order valence-corrected chi connectivity index (χ1v) is 5.85. The highest BCUT2D eigenvalue weighted by molar-refractivity contribution is 5.94. The van der Waals surface area contributed by atoms with Crippen LogP contribution in [-0.4, -0.2) is 26.2 Å². The number of nitrogens with two attached hydrogens (primary N) is 1. The van der Waals surface area contributed by atoms with Gasteiger partial charge in [-0.2, -0.15) is 0 Å². The molecule has 1 rings (SSSR count). The minimum atomic E-state index is 0.449. The van der Waals surface area contributed by atoms with Gasteiger partial charge in [0.1, 0.15) is 11.5 Å². The third-order valence-corrected chi connectivity index (χ3v) is 2.18. The highest BCUT2D eigenvalue weighted by atomic mass is 16.5. The van der Waals surface area contributed by atoms with Gasteiger partial charge in [-0.15, -0.1) is 0 Å². The fraction of sp³-hybridized carbons (Fsp3) is 0.417. The maximum atomic E-state index is 5.52. The van der Waals surface area contributed by atoms with Crippen LogP contribution >= 0.6 is 0 Å². The van der Waals surface area contributed by atoms with E-state index in [-0.39, 0.29) is 0 Å². The van der Waals surface area contributed by atoms with Gasteiger partial charge in [0, 0.05) is 13.1 Å². The number of anilines is 1. The zero-order chi connectivity index (χ0) is 13.4. The van der Waals surface area contributed by atoms with E-state index in [2.05, 4.69) is 15.7 Å². The van der Waals surface area contributed by atoms with Crippen LogP contribution in [0.25, 0.3) is 0 Å². The molecule has 0 aromatic heterocycles. The second-order valence-electron chi connectivity index (χ2n) is 3.37.